The van der Waals surface area contributed by atoms with Crippen LogP contribution in [-0.2, 0) is 4.74 Å². The van der Waals surface area contributed by atoms with Gasteiger partial charge in [-0.25, -0.2) is 0 Å². The molecule has 4 rings (SSSR count). The molecule has 3 aliphatic carbocycles. The van der Waals surface area contributed by atoms with Crippen LogP contribution in [0.15, 0.2) is 77.9 Å². The van der Waals surface area contributed by atoms with Gasteiger partial charge in [0.25, 0.3) is 0 Å². The lowest BCUT2D eigenvalue weighted by Gasteiger charge is -2.45. The van der Waals surface area contributed by atoms with E-state index in [0.29, 0.717) is 36.5 Å². The van der Waals surface area contributed by atoms with Crippen LogP contribution < -0.4 is 0 Å². The van der Waals surface area contributed by atoms with Gasteiger partial charge in [-0.2, -0.15) is 0 Å². The maximum Gasteiger partial charge on any atom is 0.0811 e. The molecule has 202 valence electrons. The van der Waals surface area contributed by atoms with Crippen molar-refractivity contribution in [3.05, 3.63) is 83.5 Å². The largest absolute Gasteiger partial charge is 0.393 e. The summed E-state index contributed by atoms with van der Waals surface area (Å²) < 4.78 is 5.71. The second kappa shape index (κ2) is 11.4. The van der Waals surface area contributed by atoms with Crippen LogP contribution in [0, 0.1) is 23.2 Å². The predicted octanol–water partition coefficient (Wildman–Crippen LogP) is 7.53. The molecule has 7 atom stereocenters. The lowest BCUT2D eigenvalue weighted by molar-refractivity contribution is 0.0643. The first-order valence-corrected chi connectivity index (χ1v) is 14.3. The molecule has 3 nitrogen and oxygen atoms in total. The highest BCUT2D eigenvalue weighted by atomic mass is 16.5. The van der Waals surface area contributed by atoms with E-state index in [1.807, 2.05) is 0 Å². The minimum Gasteiger partial charge on any atom is -0.393 e. The van der Waals surface area contributed by atoms with Gasteiger partial charge in [-0.1, -0.05) is 80.6 Å². The van der Waals surface area contributed by atoms with Crippen LogP contribution in [-0.4, -0.2) is 35.1 Å². The lowest BCUT2D eigenvalue weighted by atomic mass is 9.59. The fourth-order valence-corrected chi connectivity index (χ4v) is 7.53. The molecule has 2 N–H and O–H groups in total. The molecule has 0 aromatic heterocycles. The molecule has 0 saturated heterocycles. The maximum absolute atomic E-state index is 10.3. The average molecular weight is 505 g/mol. The third kappa shape index (κ3) is 6.05. The zero-order valence-corrected chi connectivity index (χ0v) is 23.6. The fraction of sp³-hybridized carbons (Fsp3) is 0.588. The summed E-state index contributed by atoms with van der Waals surface area (Å²) in [6.07, 6.45) is 15.1. The lowest BCUT2D eigenvalue weighted by Crippen LogP contribution is -2.37. The van der Waals surface area contributed by atoms with Gasteiger partial charge < -0.3 is 14.9 Å². The van der Waals surface area contributed by atoms with Crippen molar-refractivity contribution in [2.24, 2.45) is 23.2 Å². The highest BCUT2D eigenvalue weighted by Gasteiger charge is 2.51. The van der Waals surface area contributed by atoms with Gasteiger partial charge in [0, 0.05) is 19.4 Å². The molecule has 0 amide bonds. The van der Waals surface area contributed by atoms with Crippen molar-refractivity contribution in [1.29, 1.82) is 0 Å². The number of aliphatic hydroxyl groups excluding tert-OH is 2. The Morgan fingerprint density at radius 3 is 2.57 bits per heavy atom. The zero-order chi connectivity index (χ0) is 26.8. The molecular weight excluding hydrogens is 456 g/mol. The van der Waals surface area contributed by atoms with Crippen LogP contribution in [0.4, 0.5) is 0 Å². The van der Waals surface area contributed by atoms with Crippen LogP contribution in [0.5, 0.6) is 0 Å². The fourth-order valence-electron chi connectivity index (χ4n) is 7.53. The van der Waals surface area contributed by atoms with E-state index in [4.69, 9.17) is 4.74 Å². The van der Waals surface area contributed by atoms with Crippen molar-refractivity contribution in [3.8, 4) is 0 Å². The second-order valence-corrected chi connectivity index (χ2v) is 12.6. The van der Waals surface area contributed by atoms with Crippen molar-refractivity contribution in [2.45, 2.75) is 96.4 Å². The minimum atomic E-state index is -0.632. The standard InChI is InChI=1S/C34H48O3/c1-23-27(21-28(35)22-32(23)36)15-14-26-13-10-19-34(5)30(16-17-31(26)34)24(2)29(18-20-33(3,4)37-6)25-11-8-7-9-12-25/h7-9,11-12,14-15,18,20,24,28-32,35-36H,1,10,13,16-17,19,21-22H2,2-6H3/b20-18+,26-14+,27-15-/t24-,28-,29+,30-,31+,32+,34-/m1/s1. The van der Waals surface area contributed by atoms with Gasteiger partial charge in [-0.3, -0.25) is 0 Å². The summed E-state index contributed by atoms with van der Waals surface area (Å²) in [6.45, 7) is 13.4. The Balaban J connectivity index is 1.60. The van der Waals surface area contributed by atoms with E-state index in [0.717, 1.165) is 17.6 Å². The molecule has 3 aliphatic rings. The summed E-state index contributed by atoms with van der Waals surface area (Å²) >= 11 is 0. The minimum absolute atomic E-state index is 0.280. The number of hydrogen-bond donors (Lipinski definition) is 2. The molecule has 0 heterocycles. The van der Waals surface area contributed by atoms with Crippen LogP contribution >= 0.6 is 0 Å². The van der Waals surface area contributed by atoms with Crippen molar-refractivity contribution < 1.29 is 14.9 Å². The number of allylic oxidation sites excluding steroid dienone is 4. The van der Waals surface area contributed by atoms with Crippen molar-refractivity contribution in [2.75, 3.05) is 7.11 Å². The highest BCUT2D eigenvalue weighted by molar-refractivity contribution is 5.39. The van der Waals surface area contributed by atoms with E-state index in [1.165, 1.54) is 31.2 Å². The Morgan fingerprint density at radius 1 is 1.14 bits per heavy atom. The highest BCUT2D eigenvalue weighted by Crippen LogP contribution is 2.61. The monoisotopic (exact) mass is 504 g/mol. The molecule has 3 saturated carbocycles. The smallest absolute Gasteiger partial charge is 0.0811 e. The summed E-state index contributed by atoms with van der Waals surface area (Å²) in [6, 6.07) is 11.0. The number of ether oxygens (including phenoxy) is 1. The predicted molar refractivity (Wildman–Crippen MR) is 153 cm³/mol. The van der Waals surface area contributed by atoms with Gasteiger partial charge in [0.15, 0.2) is 0 Å². The normalized spacial score (nSPS) is 34.7. The Bertz CT molecular complexity index is 1030. The number of rotatable bonds is 7. The van der Waals surface area contributed by atoms with E-state index in [1.54, 1.807) is 12.7 Å². The third-order valence-electron chi connectivity index (χ3n) is 9.92. The quantitative estimate of drug-likeness (QED) is 0.377. The number of hydrogen-bond acceptors (Lipinski definition) is 3. The van der Waals surface area contributed by atoms with Gasteiger partial charge in [0.05, 0.1) is 17.8 Å². The summed E-state index contributed by atoms with van der Waals surface area (Å²) in [7, 11) is 1.78. The SMILES string of the molecule is C=C1/C(=C\C=C2/CCC[C@]3(C)[C@@H]([C@H](C)[C@H](/C=C/C(C)(C)OC)c4ccccc4)CC[C@@H]23)C[C@@H](O)C[C@@H]1O. The van der Waals surface area contributed by atoms with Crippen molar-refractivity contribution >= 4 is 0 Å². The Morgan fingerprint density at radius 2 is 1.86 bits per heavy atom. The van der Waals surface area contributed by atoms with E-state index in [9.17, 15) is 10.2 Å². The van der Waals surface area contributed by atoms with Crippen molar-refractivity contribution in [3.63, 3.8) is 0 Å². The van der Waals surface area contributed by atoms with Gasteiger partial charge >= 0.3 is 0 Å². The number of benzene rings is 1. The average Bonchev–Trinajstić information content (AvgIpc) is 3.23. The van der Waals surface area contributed by atoms with E-state index < -0.39 is 12.2 Å². The van der Waals surface area contributed by atoms with Gasteiger partial charge in [0.1, 0.15) is 0 Å². The summed E-state index contributed by atoms with van der Waals surface area (Å²) in [5, 5.41) is 20.4. The molecular formula is C34H48O3. The zero-order valence-electron chi connectivity index (χ0n) is 23.6. The van der Waals surface area contributed by atoms with Crippen molar-refractivity contribution in [1.82, 2.24) is 0 Å². The summed E-state index contributed by atoms with van der Waals surface area (Å²) in [5.74, 6) is 2.10. The summed E-state index contributed by atoms with van der Waals surface area (Å²) in [5.41, 5.74) is 4.70. The summed E-state index contributed by atoms with van der Waals surface area (Å²) in [4.78, 5) is 0. The number of aliphatic hydroxyl groups is 2. The first-order chi connectivity index (χ1) is 17.6. The van der Waals surface area contributed by atoms with E-state index >= 15 is 0 Å². The van der Waals surface area contributed by atoms with Gasteiger partial charge in [-0.15, -0.1) is 0 Å². The molecule has 1 aromatic rings. The van der Waals surface area contributed by atoms with Crippen LogP contribution in [0.2, 0.25) is 0 Å². The Labute approximate surface area is 225 Å². The molecule has 0 spiro atoms. The first-order valence-electron chi connectivity index (χ1n) is 14.3. The topological polar surface area (TPSA) is 49.7 Å². The second-order valence-electron chi connectivity index (χ2n) is 12.6. The Hall–Kier alpha value is -1.94. The van der Waals surface area contributed by atoms with Crippen LogP contribution in [0.3, 0.4) is 0 Å². The van der Waals surface area contributed by atoms with E-state index in [2.05, 4.69) is 88.9 Å². The molecule has 0 unspecified atom stereocenters. The number of methoxy groups -OCH3 is 1. The third-order valence-corrected chi connectivity index (χ3v) is 9.92. The Kier molecular flexibility index (Phi) is 8.68. The van der Waals surface area contributed by atoms with Gasteiger partial charge in [-0.05, 0) is 92.3 Å². The van der Waals surface area contributed by atoms with Crippen LogP contribution in [0.25, 0.3) is 0 Å². The molecule has 0 bridgehead atoms. The van der Waals surface area contributed by atoms with Crippen LogP contribution in [0.1, 0.15) is 84.1 Å². The molecule has 0 radical (unpaired) electrons. The number of fused-ring (bicyclic) bond motifs is 1. The molecule has 37 heavy (non-hydrogen) atoms. The maximum atomic E-state index is 10.3. The van der Waals surface area contributed by atoms with E-state index in [-0.39, 0.29) is 11.0 Å². The molecule has 0 aliphatic heterocycles. The molecule has 3 heteroatoms. The first kappa shape index (κ1) is 28.1. The van der Waals surface area contributed by atoms with Gasteiger partial charge in [0.2, 0.25) is 0 Å². The molecule has 1 aromatic carbocycles. The molecule has 3 fully saturated rings.